The topological polar surface area (TPSA) is 95.6 Å². The molecule has 0 aliphatic carbocycles. The van der Waals surface area contributed by atoms with Gasteiger partial charge in [-0.1, -0.05) is 0 Å². The van der Waals surface area contributed by atoms with Crippen molar-refractivity contribution in [2.24, 2.45) is 0 Å². The van der Waals surface area contributed by atoms with Crippen molar-refractivity contribution in [3.63, 3.8) is 0 Å². The second-order valence-corrected chi connectivity index (χ2v) is 10.0. The number of aromatic nitrogens is 2. The molecule has 3 heterocycles. The van der Waals surface area contributed by atoms with Crippen LogP contribution in [0.3, 0.4) is 0 Å². The number of nitrogens with zero attached hydrogens (tertiary/aromatic N) is 3. The van der Waals surface area contributed by atoms with E-state index in [2.05, 4.69) is 23.7 Å². The van der Waals surface area contributed by atoms with Crippen molar-refractivity contribution in [1.29, 1.82) is 0 Å². The summed E-state index contributed by atoms with van der Waals surface area (Å²) in [4.78, 5) is 22.8. The summed E-state index contributed by atoms with van der Waals surface area (Å²) < 4.78 is 33.2. The van der Waals surface area contributed by atoms with Gasteiger partial charge in [0, 0.05) is 31.2 Å². The van der Waals surface area contributed by atoms with E-state index in [9.17, 15) is 13.2 Å². The van der Waals surface area contributed by atoms with E-state index in [4.69, 9.17) is 9.72 Å². The molecule has 0 amide bonds. The molecule has 1 aromatic carbocycles. The highest BCUT2D eigenvalue weighted by atomic mass is 32.2. The highest BCUT2D eigenvalue weighted by molar-refractivity contribution is 7.89. The van der Waals surface area contributed by atoms with E-state index in [-0.39, 0.29) is 10.5 Å². The minimum Gasteiger partial charge on any atom is -0.497 e. The molecular formula is C21H28N4O4S. The third-order valence-electron chi connectivity index (χ3n) is 6.04. The predicted octanol–water partition coefficient (Wildman–Crippen LogP) is 2.07. The van der Waals surface area contributed by atoms with Crippen LogP contribution in [-0.2, 0) is 23.0 Å². The molecule has 2 aliphatic rings. The number of hydrogen-bond donors (Lipinski definition) is 1. The molecule has 1 saturated heterocycles. The van der Waals surface area contributed by atoms with Gasteiger partial charge in [0.2, 0.25) is 10.0 Å². The highest BCUT2D eigenvalue weighted by Gasteiger charge is 2.38. The normalized spacial score (nSPS) is 20.5. The molecule has 0 unspecified atom stereocenters. The average molecular weight is 433 g/mol. The SMILES string of the molecule is COc1ccc(S(=O)(=O)N2CCC[C@H]2c2nc3c(c(=O)[nH]2)CCN(C(C)C)C3)cc1. The predicted molar refractivity (Wildman–Crippen MR) is 113 cm³/mol. The van der Waals surface area contributed by atoms with Crippen molar-refractivity contribution in [1.82, 2.24) is 19.2 Å². The van der Waals surface area contributed by atoms with Crippen LogP contribution in [0.5, 0.6) is 5.75 Å². The fourth-order valence-electron chi connectivity index (χ4n) is 4.26. The Morgan fingerprint density at radius 3 is 2.60 bits per heavy atom. The van der Waals surface area contributed by atoms with Crippen LogP contribution in [0.4, 0.5) is 0 Å². The number of benzene rings is 1. The van der Waals surface area contributed by atoms with Gasteiger partial charge in [0.1, 0.15) is 11.6 Å². The van der Waals surface area contributed by atoms with Crippen LogP contribution in [0.1, 0.15) is 49.8 Å². The molecule has 1 aromatic heterocycles. The molecule has 9 heteroatoms. The minimum absolute atomic E-state index is 0.146. The molecule has 2 aliphatic heterocycles. The number of methoxy groups -OCH3 is 1. The van der Waals surface area contributed by atoms with Gasteiger partial charge in [-0.25, -0.2) is 13.4 Å². The fraction of sp³-hybridized carbons (Fsp3) is 0.524. The first-order valence-corrected chi connectivity index (χ1v) is 11.8. The van der Waals surface area contributed by atoms with Gasteiger partial charge in [-0.15, -0.1) is 0 Å². The Hall–Kier alpha value is -2.23. The van der Waals surface area contributed by atoms with Gasteiger partial charge >= 0.3 is 0 Å². The van der Waals surface area contributed by atoms with Crippen LogP contribution in [-0.4, -0.2) is 53.8 Å². The van der Waals surface area contributed by atoms with E-state index >= 15 is 0 Å². The third-order valence-corrected chi connectivity index (χ3v) is 7.96. The van der Waals surface area contributed by atoms with E-state index in [1.54, 1.807) is 31.4 Å². The molecule has 0 bridgehead atoms. The van der Waals surface area contributed by atoms with E-state index in [1.807, 2.05) is 0 Å². The summed E-state index contributed by atoms with van der Waals surface area (Å²) in [6, 6.07) is 6.26. The van der Waals surface area contributed by atoms with Crippen LogP contribution in [0.15, 0.2) is 34.0 Å². The monoisotopic (exact) mass is 432 g/mol. The van der Waals surface area contributed by atoms with Crippen molar-refractivity contribution in [3.8, 4) is 5.75 Å². The van der Waals surface area contributed by atoms with E-state index in [1.165, 1.54) is 4.31 Å². The number of hydrogen-bond acceptors (Lipinski definition) is 6. The van der Waals surface area contributed by atoms with Gasteiger partial charge in [-0.05, 0) is 57.4 Å². The summed E-state index contributed by atoms with van der Waals surface area (Å²) >= 11 is 0. The summed E-state index contributed by atoms with van der Waals surface area (Å²) in [5.74, 6) is 1.04. The summed E-state index contributed by atoms with van der Waals surface area (Å²) in [5, 5.41) is 0. The van der Waals surface area contributed by atoms with Crippen LogP contribution in [0.25, 0.3) is 0 Å². The van der Waals surface area contributed by atoms with Gasteiger partial charge in [0.25, 0.3) is 5.56 Å². The first-order valence-electron chi connectivity index (χ1n) is 10.3. The molecule has 1 N–H and O–H groups in total. The molecular weight excluding hydrogens is 404 g/mol. The summed E-state index contributed by atoms with van der Waals surface area (Å²) in [5.41, 5.74) is 1.34. The molecule has 30 heavy (non-hydrogen) atoms. The van der Waals surface area contributed by atoms with Crippen molar-refractivity contribution in [2.45, 2.75) is 56.6 Å². The number of rotatable bonds is 5. The molecule has 4 rings (SSSR count). The third kappa shape index (κ3) is 3.77. The Morgan fingerprint density at radius 2 is 1.93 bits per heavy atom. The van der Waals surface area contributed by atoms with Gasteiger partial charge in [0.05, 0.1) is 23.7 Å². The van der Waals surface area contributed by atoms with Crippen molar-refractivity contribution in [2.75, 3.05) is 20.2 Å². The van der Waals surface area contributed by atoms with Gasteiger partial charge < -0.3 is 9.72 Å². The second-order valence-electron chi connectivity index (χ2n) is 8.14. The zero-order chi connectivity index (χ0) is 21.5. The van der Waals surface area contributed by atoms with Gasteiger partial charge in [-0.3, -0.25) is 9.69 Å². The van der Waals surface area contributed by atoms with Crippen LogP contribution < -0.4 is 10.3 Å². The number of H-pyrrole nitrogens is 1. The lowest BCUT2D eigenvalue weighted by Gasteiger charge is -2.31. The zero-order valence-corrected chi connectivity index (χ0v) is 18.4. The molecule has 2 aromatic rings. The minimum atomic E-state index is -3.71. The summed E-state index contributed by atoms with van der Waals surface area (Å²) in [6.07, 6.45) is 2.01. The molecule has 0 radical (unpaired) electrons. The van der Waals surface area contributed by atoms with Crippen LogP contribution in [0.2, 0.25) is 0 Å². The summed E-state index contributed by atoms with van der Waals surface area (Å²) in [7, 11) is -2.17. The largest absolute Gasteiger partial charge is 0.497 e. The number of nitrogens with one attached hydrogen (secondary N) is 1. The standard InChI is InChI=1S/C21H28N4O4S/c1-14(2)24-12-10-17-18(13-24)22-20(23-21(17)26)19-5-4-11-25(19)30(27,28)16-8-6-15(29-3)7-9-16/h6-9,14,19H,4-5,10-13H2,1-3H3,(H,22,23,26)/t19-/m0/s1. The Balaban J connectivity index is 1.67. The van der Waals surface area contributed by atoms with E-state index in [0.29, 0.717) is 43.5 Å². The number of ether oxygens (including phenoxy) is 1. The first-order chi connectivity index (χ1) is 14.3. The fourth-order valence-corrected chi connectivity index (χ4v) is 5.92. The van der Waals surface area contributed by atoms with Crippen molar-refractivity contribution < 1.29 is 13.2 Å². The maximum absolute atomic E-state index is 13.3. The van der Waals surface area contributed by atoms with Crippen LogP contribution >= 0.6 is 0 Å². The van der Waals surface area contributed by atoms with Gasteiger partial charge in [-0.2, -0.15) is 4.31 Å². The van der Waals surface area contributed by atoms with E-state index < -0.39 is 16.1 Å². The lowest BCUT2D eigenvalue weighted by atomic mass is 10.0. The Labute approximate surface area is 176 Å². The van der Waals surface area contributed by atoms with Crippen molar-refractivity contribution in [3.05, 3.63) is 51.7 Å². The van der Waals surface area contributed by atoms with Crippen molar-refractivity contribution >= 4 is 10.0 Å². The smallest absolute Gasteiger partial charge is 0.254 e. The Kier molecular flexibility index (Phi) is 5.69. The molecule has 1 fully saturated rings. The molecule has 1 atom stereocenters. The lowest BCUT2D eigenvalue weighted by Crippen LogP contribution is -2.40. The number of fused-ring (bicyclic) bond motifs is 1. The number of aromatic amines is 1. The highest BCUT2D eigenvalue weighted by Crippen LogP contribution is 2.35. The maximum Gasteiger partial charge on any atom is 0.254 e. The quantitative estimate of drug-likeness (QED) is 0.777. The Bertz CT molecular complexity index is 1080. The molecule has 8 nitrogen and oxygen atoms in total. The van der Waals surface area contributed by atoms with Gasteiger partial charge in [0.15, 0.2) is 0 Å². The van der Waals surface area contributed by atoms with Crippen LogP contribution in [0, 0.1) is 0 Å². The number of sulfonamides is 1. The average Bonchev–Trinajstić information content (AvgIpc) is 3.24. The molecule has 0 saturated carbocycles. The molecule has 0 spiro atoms. The maximum atomic E-state index is 13.3. The Morgan fingerprint density at radius 1 is 1.20 bits per heavy atom. The second kappa shape index (κ2) is 8.13. The van der Waals surface area contributed by atoms with E-state index in [0.717, 1.165) is 24.2 Å². The lowest BCUT2D eigenvalue weighted by molar-refractivity contribution is 0.198. The first kappa shape index (κ1) is 21.0. The summed E-state index contributed by atoms with van der Waals surface area (Å²) in [6.45, 7) is 6.09. The molecule has 162 valence electrons. The zero-order valence-electron chi connectivity index (χ0n) is 17.6.